The van der Waals surface area contributed by atoms with Crippen molar-refractivity contribution in [1.29, 1.82) is 0 Å². The fourth-order valence-electron chi connectivity index (χ4n) is 1.51. The van der Waals surface area contributed by atoms with Crippen molar-refractivity contribution in [2.45, 2.75) is 20.0 Å². The maximum absolute atomic E-state index is 11.1. The van der Waals surface area contributed by atoms with Crippen LogP contribution in [0.4, 0.5) is 0 Å². The number of halogens is 1. The topological polar surface area (TPSA) is 46.5 Å². The van der Waals surface area contributed by atoms with Crippen molar-refractivity contribution < 1.29 is 14.6 Å². The second-order valence-corrected chi connectivity index (χ2v) is 3.95. The Kier molecular flexibility index (Phi) is 4.77. The minimum atomic E-state index is -0.987. The van der Waals surface area contributed by atoms with Gasteiger partial charge in [0.15, 0.2) is 6.10 Å². The van der Waals surface area contributed by atoms with Crippen molar-refractivity contribution in [3.05, 3.63) is 34.9 Å². The van der Waals surface area contributed by atoms with Gasteiger partial charge in [-0.05, 0) is 30.5 Å². The highest BCUT2D eigenvalue weighted by Gasteiger charge is 2.22. The number of aliphatic carboxylic acids is 1. The molecular formula is C12H15ClO3. The van der Waals surface area contributed by atoms with Gasteiger partial charge in [0.1, 0.15) is 0 Å². The summed E-state index contributed by atoms with van der Waals surface area (Å²) in [6, 6.07) is 5.55. The van der Waals surface area contributed by atoms with Crippen LogP contribution in [0.25, 0.3) is 0 Å². The molecule has 1 aromatic carbocycles. The summed E-state index contributed by atoms with van der Waals surface area (Å²) in [5.74, 6) is -0.701. The van der Waals surface area contributed by atoms with Gasteiger partial charge in [-0.2, -0.15) is 0 Å². The molecule has 0 amide bonds. The number of carbonyl (C=O) groups is 1. The van der Waals surface area contributed by atoms with Crippen LogP contribution >= 0.6 is 11.6 Å². The number of hydrogen-bond donors (Lipinski definition) is 1. The van der Waals surface area contributed by atoms with E-state index >= 15 is 0 Å². The highest BCUT2D eigenvalue weighted by molar-refractivity contribution is 6.17. The van der Waals surface area contributed by atoms with E-state index in [-0.39, 0.29) is 12.5 Å². The molecule has 0 saturated carbocycles. The molecule has 0 bridgehead atoms. The summed E-state index contributed by atoms with van der Waals surface area (Å²) in [6.45, 7) is 4.07. The lowest BCUT2D eigenvalue weighted by molar-refractivity contribution is -0.150. The van der Waals surface area contributed by atoms with Crippen molar-refractivity contribution in [2.24, 2.45) is 0 Å². The summed E-state index contributed by atoms with van der Waals surface area (Å²) in [4.78, 5) is 11.1. The Balaban J connectivity index is 3.01. The number of hydrogen-bond acceptors (Lipinski definition) is 2. The van der Waals surface area contributed by atoms with Crippen LogP contribution in [0, 0.1) is 13.8 Å². The normalized spacial score (nSPS) is 12.4. The van der Waals surface area contributed by atoms with Crippen LogP contribution < -0.4 is 0 Å². The van der Waals surface area contributed by atoms with Crippen LogP contribution in [0.3, 0.4) is 0 Å². The van der Waals surface area contributed by atoms with Crippen LogP contribution in [0.1, 0.15) is 22.8 Å². The number of carboxylic acid groups (broad SMARTS) is 1. The maximum Gasteiger partial charge on any atom is 0.337 e. The van der Waals surface area contributed by atoms with Gasteiger partial charge in [-0.3, -0.25) is 0 Å². The Morgan fingerprint density at radius 2 is 2.19 bits per heavy atom. The smallest absolute Gasteiger partial charge is 0.337 e. The summed E-state index contributed by atoms with van der Waals surface area (Å²) in [7, 11) is 0. The first-order chi connectivity index (χ1) is 7.57. The summed E-state index contributed by atoms with van der Waals surface area (Å²) < 4.78 is 5.24. The molecule has 1 rings (SSSR count). The van der Waals surface area contributed by atoms with Crippen molar-refractivity contribution in [3.8, 4) is 0 Å². The van der Waals surface area contributed by atoms with E-state index in [0.29, 0.717) is 5.56 Å². The number of benzene rings is 1. The predicted octanol–water partition coefficient (Wildman–Crippen LogP) is 2.68. The molecule has 0 heterocycles. The SMILES string of the molecule is Cc1cccc(C(OCCCl)C(=O)O)c1C. The quantitative estimate of drug-likeness (QED) is 0.808. The number of alkyl halides is 1. The maximum atomic E-state index is 11.1. The third-order valence-electron chi connectivity index (χ3n) is 2.51. The summed E-state index contributed by atoms with van der Waals surface area (Å²) in [6.07, 6.45) is -0.932. The van der Waals surface area contributed by atoms with E-state index in [2.05, 4.69) is 0 Å². The molecular weight excluding hydrogens is 228 g/mol. The third kappa shape index (κ3) is 2.97. The zero-order valence-electron chi connectivity index (χ0n) is 9.37. The second kappa shape index (κ2) is 5.87. The summed E-state index contributed by atoms with van der Waals surface area (Å²) in [5, 5.41) is 9.10. The van der Waals surface area contributed by atoms with E-state index in [0.717, 1.165) is 11.1 Å². The third-order valence-corrected chi connectivity index (χ3v) is 2.67. The first-order valence-corrected chi connectivity index (χ1v) is 5.58. The largest absolute Gasteiger partial charge is 0.479 e. The molecule has 4 heteroatoms. The van der Waals surface area contributed by atoms with Crippen LogP contribution in [0.15, 0.2) is 18.2 Å². The molecule has 0 aliphatic carbocycles. The number of ether oxygens (including phenoxy) is 1. The van der Waals surface area contributed by atoms with E-state index in [4.69, 9.17) is 21.4 Å². The fourth-order valence-corrected chi connectivity index (χ4v) is 1.60. The van der Waals surface area contributed by atoms with Gasteiger partial charge in [-0.1, -0.05) is 18.2 Å². The number of rotatable bonds is 5. The van der Waals surface area contributed by atoms with Crippen LogP contribution in [-0.2, 0) is 9.53 Å². The number of aryl methyl sites for hydroxylation is 1. The monoisotopic (exact) mass is 242 g/mol. The van der Waals surface area contributed by atoms with Gasteiger partial charge in [-0.25, -0.2) is 4.79 Å². The Bertz CT molecular complexity index is 377. The second-order valence-electron chi connectivity index (χ2n) is 3.57. The highest BCUT2D eigenvalue weighted by Crippen LogP contribution is 2.23. The van der Waals surface area contributed by atoms with Gasteiger partial charge in [0, 0.05) is 5.88 Å². The van der Waals surface area contributed by atoms with Gasteiger partial charge in [0.05, 0.1) is 6.61 Å². The van der Waals surface area contributed by atoms with Crippen LogP contribution in [0.5, 0.6) is 0 Å². The van der Waals surface area contributed by atoms with E-state index in [1.165, 1.54) is 0 Å². The minimum absolute atomic E-state index is 0.228. The van der Waals surface area contributed by atoms with Crippen molar-refractivity contribution in [1.82, 2.24) is 0 Å². The lowest BCUT2D eigenvalue weighted by Gasteiger charge is -2.16. The molecule has 1 N–H and O–H groups in total. The average molecular weight is 243 g/mol. The Hall–Kier alpha value is -1.06. The average Bonchev–Trinajstić information content (AvgIpc) is 2.24. The van der Waals surface area contributed by atoms with Gasteiger partial charge < -0.3 is 9.84 Å². The van der Waals surface area contributed by atoms with Crippen LogP contribution in [-0.4, -0.2) is 23.6 Å². The Morgan fingerprint density at radius 3 is 2.75 bits per heavy atom. The molecule has 1 unspecified atom stereocenters. The van der Waals surface area contributed by atoms with Crippen molar-refractivity contribution in [2.75, 3.05) is 12.5 Å². The molecule has 1 aromatic rings. The molecule has 0 spiro atoms. The Morgan fingerprint density at radius 1 is 1.50 bits per heavy atom. The molecule has 0 radical (unpaired) electrons. The molecule has 0 aliphatic heterocycles. The zero-order chi connectivity index (χ0) is 12.1. The number of carboxylic acids is 1. The molecule has 0 fully saturated rings. The van der Waals surface area contributed by atoms with E-state index in [1.807, 2.05) is 26.0 Å². The first-order valence-electron chi connectivity index (χ1n) is 5.04. The molecule has 1 atom stereocenters. The molecule has 16 heavy (non-hydrogen) atoms. The van der Waals surface area contributed by atoms with Crippen molar-refractivity contribution >= 4 is 17.6 Å². The predicted molar refractivity (Wildman–Crippen MR) is 63.0 cm³/mol. The lowest BCUT2D eigenvalue weighted by atomic mass is 9.99. The molecule has 0 aromatic heterocycles. The molecule has 88 valence electrons. The lowest BCUT2D eigenvalue weighted by Crippen LogP contribution is -2.17. The molecule has 0 saturated heterocycles. The fraction of sp³-hybridized carbons (Fsp3) is 0.417. The minimum Gasteiger partial charge on any atom is -0.479 e. The molecule has 0 aliphatic rings. The van der Waals surface area contributed by atoms with Crippen LogP contribution in [0.2, 0.25) is 0 Å². The van der Waals surface area contributed by atoms with Gasteiger partial charge in [0.25, 0.3) is 0 Å². The van der Waals surface area contributed by atoms with Gasteiger partial charge >= 0.3 is 5.97 Å². The van der Waals surface area contributed by atoms with Gasteiger partial charge in [0.2, 0.25) is 0 Å². The molecule has 3 nitrogen and oxygen atoms in total. The standard InChI is InChI=1S/C12H15ClO3/c1-8-4-3-5-10(9(8)2)11(12(14)15)16-7-6-13/h3-5,11H,6-7H2,1-2H3,(H,14,15). The first kappa shape index (κ1) is 13.0. The van der Waals surface area contributed by atoms with Crippen molar-refractivity contribution in [3.63, 3.8) is 0 Å². The Labute approximate surface area is 100.0 Å². The highest BCUT2D eigenvalue weighted by atomic mass is 35.5. The summed E-state index contributed by atoms with van der Waals surface area (Å²) in [5.41, 5.74) is 2.69. The summed E-state index contributed by atoms with van der Waals surface area (Å²) >= 11 is 5.49. The zero-order valence-corrected chi connectivity index (χ0v) is 10.1. The van der Waals surface area contributed by atoms with E-state index in [1.54, 1.807) is 6.07 Å². The van der Waals surface area contributed by atoms with E-state index < -0.39 is 12.1 Å². The van der Waals surface area contributed by atoms with E-state index in [9.17, 15) is 4.79 Å². The van der Waals surface area contributed by atoms with Gasteiger partial charge in [-0.15, -0.1) is 11.6 Å².